The second kappa shape index (κ2) is 6.39. The molecule has 2 aromatic rings. The standard InChI is InChI=1S/C17H17FO3/c1-11-8-15(5-6-16(11)18)21-10-14-9-13(12(2)19)4-7-17(14)20-3/h4-9H,10H2,1-3H3. The van der Waals surface area contributed by atoms with Crippen LogP contribution in [0, 0.1) is 12.7 Å². The van der Waals surface area contributed by atoms with E-state index in [1.54, 1.807) is 44.4 Å². The van der Waals surface area contributed by atoms with Crippen molar-refractivity contribution in [1.29, 1.82) is 0 Å². The number of benzene rings is 2. The molecule has 0 N–H and O–H groups in total. The van der Waals surface area contributed by atoms with Crippen LogP contribution in [0.1, 0.15) is 28.4 Å². The molecule has 21 heavy (non-hydrogen) atoms. The summed E-state index contributed by atoms with van der Waals surface area (Å²) in [6.45, 7) is 3.43. The van der Waals surface area contributed by atoms with Crippen molar-refractivity contribution in [2.75, 3.05) is 7.11 Å². The number of halogens is 1. The van der Waals surface area contributed by atoms with Crippen LogP contribution >= 0.6 is 0 Å². The number of rotatable bonds is 5. The number of hydrogen-bond acceptors (Lipinski definition) is 3. The first kappa shape index (κ1) is 15.0. The number of ketones is 1. The van der Waals surface area contributed by atoms with Gasteiger partial charge in [-0.15, -0.1) is 0 Å². The van der Waals surface area contributed by atoms with Gasteiger partial charge in [0.05, 0.1) is 7.11 Å². The van der Waals surface area contributed by atoms with Gasteiger partial charge < -0.3 is 9.47 Å². The van der Waals surface area contributed by atoms with Gasteiger partial charge in [-0.3, -0.25) is 4.79 Å². The highest BCUT2D eigenvalue weighted by Crippen LogP contribution is 2.23. The van der Waals surface area contributed by atoms with E-state index in [4.69, 9.17) is 9.47 Å². The molecule has 0 fully saturated rings. The van der Waals surface area contributed by atoms with E-state index < -0.39 is 0 Å². The van der Waals surface area contributed by atoms with Gasteiger partial charge in [0.1, 0.15) is 23.9 Å². The van der Waals surface area contributed by atoms with Crippen LogP contribution < -0.4 is 9.47 Å². The van der Waals surface area contributed by atoms with Gasteiger partial charge in [-0.25, -0.2) is 4.39 Å². The molecule has 0 aliphatic rings. The molecule has 0 spiro atoms. The molecule has 2 aromatic carbocycles. The number of methoxy groups -OCH3 is 1. The second-order valence-electron chi connectivity index (χ2n) is 4.78. The maximum absolute atomic E-state index is 13.2. The van der Waals surface area contributed by atoms with Crippen LogP contribution in [-0.2, 0) is 6.61 Å². The molecule has 0 saturated carbocycles. The molecule has 0 saturated heterocycles. The van der Waals surface area contributed by atoms with Crippen molar-refractivity contribution in [3.63, 3.8) is 0 Å². The third-order valence-corrected chi connectivity index (χ3v) is 3.21. The normalized spacial score (nSPS) is 10.3. The Kier molecular flexibility index (Phi) is 4.58. The number of carbonyl (C=O) groups excluding carboxylic acids is 1. The maximum atomic E-state index is 13.2. The summed E-state index contributed by atoms with van der Waals surface area (Å²) in [5, 5.41) is 0. The van der Waals surface area contributed by atoms with Gasteiger partial charge in [0.25, 0.3) is 0 Å². The zero-order valence-electron chi connectivity index (χ0n) is 12.3. The minimum Gasteiger partial charge on any atom is -0.496 e. The molecule has 0 heterocycles. The Morgan fingerprint density at radius 1 is 1.19 bits per heavy atom. The van der Waals surface area contributed by atoms with Gasteiger partial charge >= 0.3 is 0 Å². The smallest absolute Gasteiger partial charge is 0.159 e. The molecule has 0 aromatic heterocycles. The summed E-state index contributed by atoms with van der Waals surface area (Å²) in [6, 6.07) is 9.78. The molecule has 4 heteroatoms. The minimum atomic E-state index is -0.265. The highest BCUT2D eigenvalue weighted by molar-refractivity contribution is 5.94. The van der Waals surface area contributed by atoms with Gasteiger partial charge in [-0.1, -0.05) is 0 Å². The number of aryl methyl sites for hydroxylation is 1. The first-order valence-corrected chi connectivity index (χ1v) is 6.58. The van der Waals surface area contributed by atoms with Crippen molar-refractivity contribution in [2.45, 2.75) is 20.5 Å². The lowest BCUT2D eigenvalue weighted by atomic mass is 10.1. The Bertz CT molecular complexity index is 665. The van der Waals surface area contributed by atoms with E-state index in [0.717, 1.165) is 5.56 Å². The highest BCUT2D eigenvalue weighted by Gasteiger charge is 2.08. The average molecular weight is 288 g/mol. The van der Waals surface area contributed by atoms with Crippen LogP contribution in [0.5, 0.6) is 11.5 Å². The predicted molar refractivity (Wildman–Crippen MR) is 78.5 cm³/mol. The molecule has 3 nitrogen and oxygen atoms in total. The Hall–Kier alpha value is -2.36. The van der Waals surface area contributed by atoms with E-state index in [2.05, 4.69) is 0 Å². The van der Waals surface area contributed by atoms with E-state index in [0.29, 0.717) is 22.6 Å². The van der Waals surface area contributed by atoms with E-state index in [1.165, 1.54) is 13.0 Å². The number of ether oxygens (including phenoxy) is 2. The van der Waals surface area contributed by atoms with Gasteiger partial charge in [0, 0.05) is 11.1 Å². The van der Waals surface area contributed by atoms with Crippen molar-refractivity contribution in [2.24, 2.45) is 0 Å². The molecule has 0 aliphatic carbocycles. The molecule has 2 rings (SSSR count). The van der Waals surface area contributed by atoms with Crippen molar-refractivity contribution >= 4 is 5.78 Å². The summed E-state index contributed by atoms with van der Waals surface area (Å²) in [5.74, 6) is 0.943. The van der Waals surface area contributed by atoms with Crippen LogP contribution in [0.2, 0.25) is 0 Å². The lowest BCUT2D eigenvalue weighted by molar-refractivity contribution is 0.101. The lowest BCUT2D eigenvalue weighted by Gasteiger charge is -2.12. The summed E-state index contributed by atoms with van der Waals surface area (Å²) in [5.41, 5.74) is 1.90. The number of Topliss-reactive ketones (excluding diaryl/α,β-unsaturated/α-hetero) is 1. The highest BCUT2D eigenvalue weighted by atomic mass is 19.1. The minimum absolute atomic E-state index is 0.0171. The molecule has 0 atom stereocenters. The SMILES string of the molecule is COc1ccc(C(C)=O)cc1COc1ccc(F)c(C)c1. The van der Waals surface area contributed by atoms with Gasteiger partial charge in [0.15, 0.2) is 5.78 Å². The Morgan fingerprint density at radius 2 is 1.95 bits per heavy atom. The summed E-state index contributed by atoms with van der Waals surface area (Å²) < 4.78 is 24.1. The molecular formula is C17H17FO3. The van der Waals surface area contributed by atoms with Crippen LogP contribution in [0.4, 0.5) is 4.39 Å². The van der Waals surface area contributed by atoms with Gasteiger partial charge in [0.2, 0.25) is 0 Å². The molecule has 0 radical (unpaired) electrons. The zero-order valence-corrected chi connectivity index (χ0v) is 12.3. The summed E-state index contributed by atoms with van der Waals surface area (Å²) >= 11 is 0. The second-order valence-corrected chi connectivity index (χ2v) is 4.78. The Labute approximate surface area is 123 Å². The summed E-state index contributed by atoms with van der Waals surface area (Å²) in [7, 11) is 1.56. The molecule has 110 valence electrons. The fourth-order valence-electron chi connectivity index (χ4n) is 1.98. The Balaban J connectivity index is 2.19. The largest absolute Gasteiger partial charge is 0.496 e. The molecule has 0 aliphatic heterocycles. The van der Waals surface area contributed by atoms with Gasteiger partial charge in [-0.2, -0.15) is 0 Å². The monoisotopic (exact) mass is 288 g/mol. The molecule has 0 amide bonds. The average Bonchev–Trinajstić information content (AvgIpc) is 2.48. The lowest BCUT2D eigenvalue weighted by Crippen LogP contribution is -2.02. The van der Waals surface area contributed by atoms with Crippen molar-refractivity contribution < 1.29 is 18.7 Å². The van der Waals surface area contributed by atoms with Crippen LogP contribution in [0.25, 0.3) is 0 Å². The molecule has 0 bridgehead atoms. The van der Waals surface area contributed by atoms with E-state index in [-0.39, 0.29) is 18.2 Å². The van der Waals surface area contributed by atoms with Crippen molar-refractivity contribution in [3.8, 4) is 11.5 Å². The van der Waals surface area contributed by atoms with Crippen molar-refractivity contribution in [1.82, 2.24) is 0 Å². The van der Waals surface area contributed by atoms with Crippen LogP contribution in [-0.4, -0.2) is 12.9 Å². The topological polar surface area (TPSA) is 35.5 Å². The number of carbonyl (C=O) groups is 1. The Morgan fingerprint density at radius 3 is 2.57 bits per heavy atom. The summed E-state index contributed by atoms with van der Waals surface area (Å²) in [4.78, 5) is 11.4. The first-order chi connectivity index (χ1) is 10.0. The van der Waals surface area contributed by atoms with E-state index in [1.807, 2.05) is 0 Å². The quantitative estimate of drug-likeness (QED) is 0.782. The molecule has 0 unspecified atom stereocenters. The van der Waals surface area contributed by atoms with Gasteiger partial charge in [-0.05, 0) is 55.8 Å². The fourth-order valence-corrected chi connectivity index (χ4v) is 1.98. The maximum Gasteiger partial charge on any atom is 0.159 e. The van der Waals surface area contributed by atoms with Crippen LogP contribution in [0.3, 0.4) is 0 Å². The zero-order chi connectivity index (χ0) is 15.4. The first-order valence-electron chi connectivity index (χ1n) is 6.58. The fraction of sp³-hybridized carbons (Fsp3) is 0.235. The van der Waals surface area contributed by atoms with Crippen LogP contribution in [0.15, 0.2) is 36.4 Å². The van der Waals surface area contributed by atoms with Crippen molar-refractivity contribution in [3.05, 3.63) is 58.9 Å². The predicted octanol–water partition coefficient (Wildman–Crippen LogP) is 3.92. The molecular weight excluding hydrogens is 271 g/mol. The number of hydrogen-bond donors (Lipinski definition) is 0. The third-order valence-electron chi connectivity index (χ3n) is 3.21. The third kappa shape index (κ3) is 3.60. The van der Waals surface area contributed by atoms with E-state index >= 15 is 0 Å². The van der Waals surface area contributed by atoms with E-state index in [9.17, 15) is 9.18 Å². The summed E-state index contributed by atoms with van der Waals surface area (Å²) in [6.07, 6.45) is 0.